The molecular formula is C33H30N2O6S. The summed E-state index contributed by atoms with van der Waals surface area (Å²) in [5.74, 6) is 1.25. The van der Waals surface area contributed by atoms with E-state index in [1.54, 1.807) is 43.9 Å². The molecule has 1 atom stereocenters. The van der Waals surface area contributed by atoms with E-state index in [1.165, 1.54) is 17.4 Å². The van der Waals surface area contributed by atoms with Crippen LogP contribution in [0.15, 0.2) is 107 Å². The van der Waals surface area contributed by atoms with E-state index < -0.39 is 12.0 Å². The minimum absolute atomic E-state index is 0.0439. The zero-order valence-electron chi connectivity index (χ0n) is 23.5. The van der Waals surface area contributed by atoms with E-state index in [9.17, 15) is 9.59 Å². The average molecular weight is 583 g/mol. The largest absolute Gasteiger partial charge is 0.497 e. The number of fused-ring (bicyclic) bond motifs is 1. The van der Waals surface area contributed by atoms with Gasteiger partial charge in [0, 0.05) is 0 Å². The number of allylic oxidation sites excluding steroid dienone is 1. The van der Waals surface area contributed by atoms with Crippen LogP contribution in [-0.2, 0) is 16.1 Å². The maximum absolute atomic E-state index is 13.9. The molecule has 1 unspecified atom stereocenters. The highest BCUT2D eigenvalue weighted by molar-refractivity contribution is 7.07. The number of hydrogen-bond donors (Lipinski definition) is 0. The standard InChI is InChI=1S/C33H30N2O6S/c1-5-17-40-32(37)29-21(2)34-33-35(30(29)24-12-14-25(38-3)15-13-24)31(36)28(42-33)19-23-11-16-26(27(18-23)39-4)41-20-22-9-7-6-8-10-22/h5-16,18-19,30H,1,17,20H2,2-4H3/b28-19-. The summed E-state index contributed by atoms with van der Waals surface area (Å²) in [4.78, 5) is 32.2. The first-order chi connectivity index (χ1) is 20.4. The van der Waals surface area contributed by atoms with Crippen molar-refractivity contribution in [3.8, 4) is 17.2 Å². The molecule has 0 fully saturated rings. The maximum Gasteiger partial charge on any atom is 0.338 e. The summed E-state index contributed by atoms with van der Waals surface area (Å²) in [5, 5.41) is 0. The second kappa shape index (κ2) is 12.7. The predicted octanol–water partition coefficient (Wildman–Crippen LogP) is 4.56. The molecule has 214 valence electrons. The molecule has 0 saturated carbocycles. The van der Waals surface area contributed by atoms with Gasteiger partial charge in [-0.15, -0.1) is 0 Å². The lowest BCUT2D eigenvalue weighted by molar-refractivity contribution is -0.138. The maximum atomic E-state index is 13.9. The molecule has 0 saturated heterocycles. The van der Waals surface area contributed by atoms with Gasteiger partial charge in [0.1, 0.15) is 19.0 Å². The lowest BCUT2D eigenvalue weighted by Gasteiger charge is -2.24. The lowest BCUT2D eigenvalue weighted by Crippen LogP contribution is -2.39. The normalized spacial score (nSPS) is 14.5. The Kier molecular flexibility index (Phi) is 8.68. The molecule has 4 aromatic rings. The zero-order valence-corrected chi connectivity index (χ0v) is 24.4. The molecule has 0 amide bonds. The van der Waals surface area contributed by atoms with Crippen molar-refractivity contribution in [1.29, 1.82) is 0 Å². The van der Waals surface area contributed by atoms with Crippen LogP contribution >= 0.6 is 11.3 Å². The fraction of sp³-hybridized carbons (Fsp3) is 0.182. The van der Waals surface area contributed by atoms with Gasteiger partial charge < -0.3 is 18.9 Å². The number of carbonyl (C=O) groups excluding carboxylic acids is 1. The first-order valence-electron chi connectivity index (χ1n) is 13.2. The molecule has 0 radical (unpaired) electrons. The smallest absolute Gasteiger partial charge is 0.338 e. The number of carbonyl (C=O) groups is 1. The van der Waals surface area contributed by atoms with E-state index in [2.05, 4.69) is 11.6 Å². The van der Waals surface area contributed by atoms with Crippen LogP contribution in [0.2, 0.25) is 0 Å². The van der Waals surface area contributed by atoms with Crippen molar-refractivity contribution in [1.82, 2.24) is 4.57 Å². The predicted molar refractivity (Wildman–Crippen MR) is 162 cm³/mol. The summed E-state index contributed by atoms with van der Waals surface area (Å²) in [5.41, 5.74) is 3.03. The minimum atomic E-state index is -0.727. The lowest BCUT2D eigenvalue weighted by atomic mass is 9.96. The quantitative estimate of drug-likeness (QED) is 0.201. The zero-order chi connectivity index (χ0) is 29.6. The van der Waals surface area contributed by atoms with Gasteiger partial charge in [0.25, 0.3) is 5.56 Å². The topological polar surface area (TPSA) is 88.4 Å². The Balaban J connectivity index is 1.55. The third-order valence-corrected chi connectivity index (χ3v) is 7.71. The van der Waals surface area contributed by atoms with Gasteiger partial charge in [0.05, 0.1) is 36.1 Å². The van der Waals surface area contributed by atoms with Crippen molar-refractivity contribution in [3.63, 3.8) is 0 Å². The molecule has 3 aromatic carbocycles. The summed E-state index contributed by atoms with van der Waals surface area (Å²) in [6, 6.07) is 21.9. The van der Waals surface area contributed by atoms with Crippen LogP contribution in [0.1, 0.15) is 29.7 Å². The number of thiazole rings is 1. The molecule has 42 heavy (non-hydrogen) atoms. The van der Waals surface area contributed by atoms with Crippen molar-refractivity contribution in [2.75, 3.05) is 20.8 Å². The van der Waals surface area contributed by atoms with E-state index in [1.807, 2.05) is 60.7 Å². The number of methoxy groups -OCH3 is 2. The third-order valence-electron chi connectivity index (χ3n) is 6.73. The second-order valence-electron chi connectivity index (χ2n) is 9.43. The van der Waals surface area contributed by atoms with Crippen molar-refractivity contribution in [3.05, 3.63) is 133 Å². The van der Waals surface area contributed by atoms with Crippen LogP contribution < -0.4 is 29.1 Å². The highest BCUT2D eigenvalue weighted by Gasteiger charge is 2.33. The Labute approximate surface area is 247 Å². The minimum Gasteiger partial charge on any atom is -0.497 e. The average Bonchev–Trinajstić information content (AvgIpc) is 3.32. The SMILES string of the molecule is C=CCOC(=O)C1=C(C)N=c2s/c(=C\c3ccc(OCc4ccccc4)c(OC)c3)c(=O)n2C1c1ccc(OC)cc1. The monoisotopic (exact) mass is 582 g/mol. The van der Waals surface area contributed by atoms with Gasteiger partial charge in [0.2, 0.25) is 0 Å². The van der Waals surface area contributed by atoms with E-state index >= 15 is 0 Å². The fourth-order valence-corrected chi connectivity index (χ4v) is 5.72. The number of hydrogen-bond acceptors (Lipinski definition) is 8. The first-order valence-corrected chi connectivity index (χ1v) is 14.0. The molecule has 0 bridgehead atoms. The van der Waals surface area contributed by atoms with E-state index in [4.69, 9.17) is 18.9 Å². The Morgan fingerprint density at radius 3 is 2.48 bits per heavy atom. The van der Waals surface area contributed by atoms with Gasteiger partial charge >= 0.3 is 5.97 Å². The molecular weight excluding hydrogens is 552 g/mol. The number of ether oxygens (including phenoxy) is 4. The molecule has 5 rings (SSSR count). The molecule has 2 heterocycles. The van der Waals surface area contributed by atoms with E-state index in [0.29, 0.717) is 44.5 Å². The number of aromatic nitrogens is 1. The number of nitrogens with zero attached hydrogens (tertiary/aromatic N) is 2. The van der Waals surface area contributed by atoms with E-state index in [-0.39, 0.29) is 12.2 Å². The molecule has 9 heteroatoms. The highest BCUT2D eigenvalue weighted by Crippen LogP contribution is 2.32. The molecule has 1 aliphatic heterocycles. The van der Waals surface area contributed by atoms with Gasteiger partial charge in [-0.05, 0) is 54.0 Å². The van der Waals surface area contributed by atoms with Crippen molar-refractivity contribution in [2.24, 2.45) is 4.99 Å². The van der Waals surface area contributed by atoms with Gasteiger partial charge in [-0.2, -0.15) is 0 Å². The summed E-state index contributed by atoms with van der Waals surface area (Å²) in [6.45, 7) is 5.81. The number of benzene rings is 3. The van der Waals surface area contributed by atoms with Gasteiger partial charge in [0.15, 0.2) is 16.3 Å². The summed E-state index contributed by atoms with van der Waals surface area (Å²) in [7, 11) is 3.16. The fourth-order valence-electron chi connectivity index (χ4n) is 4.68. The summed E-state index contributed by atoms with van der Waals surface area (Å²) >= 11 is 1.25. The number of rotatable bonds is 10. The third kappa shape index (κ3) is 5.91. The Bertz CT molecular complexity index is 1820. The second-order valence-corrected chi connectivity index (χ2v) is 10.4. The van der Waals surface area contributed by atoms with Crippen LogP contribution in [0.5, 0.6) is 17.2 Å². The number of esters is 1. The Hall–Kier alpha value is -4.89. The van der Waals surface area contributed by atoms with Crippen molar-refractivity contribution >= 4 is 23.4 Å². The van der Waals surface area contributed by atoms with Crippen molar-refractivity contribution in [2.45, 2.75) is 19.6 Å². The van der Waals surface area contributed by atoms with Crippen LogP contribution in [0.25, 0.3) is 6.08 Å². The molecule has 1 aliphatic rings. The van der Waals surface area contributed by atoms with Gasteiger partial charge in [-0.1, -0.05) is 72.5 Å². The molecule has 0 aliphatic carbocycles. The molecule has 0 spiro atoms. The Morgan fingerprint density at radius 1 is 1.02 bits per heavy atom. The van der Waals surface area contributed by atoms with Gasteiger partial charge in [-0.25, -0.2) is 9.79 Å². The molecule has 8 nitrogen and oxygen atoms in total. The van der Waals surface area contributed by atoms with Crippen LogP contribution in [-0.4, -0.2) is 31.4 Å². The van der Waals surface area contributed by atoms with Crippen LogP contribution in [0.3, 0.4) is 0 Å². The summed E-state index contributed by atoms with van der Waals surface area (Å²) < 4.78 is 24.3. The first kappa shape index (κ1) is 28.6. The summed E-state index contributed by atoms with van der Waals surface area (Å²) in [6.07, 6.45) is 3.28. The molecule has 0 N–H and O–H groups in total. The Morgan fingerprint density at radius 2 is 1.79 bits per heavy atom. The van der Waals surface area contributed by atoms with E-state index in [0.717, 1.165) is 16.7 Å². The van der Waals surface area contributed by atoms with Gasteiger partial charge in [-0.3, -0.25) is 9.36 Å². The van der Waals surface area contributed by atoms with Crippen molar-refractivity contribution < 1.29 is 23.7 Å². The molecule has 1 aromatic heterocycles. The highest BCUT2D eigenvalue weighted by atomic mass is 32.1. The van der Waals surface area contributed by atoms with Crippen LogP contribution in [0.4, 0.5) is 0 Å². The van der Waals surface area contributed by atoms with Crippen LogP contribution in [0, 0.1) is 0 Å².